The average Bonchev–Trinajstić information content (AvgIpc) is 3.02. The first-order valence-corrected chi connectivity index (χ1v) is 8.66. The number of carbonyl (C=O) groups is 1. The number of nitrogens with zero attached hydrogens (tertiary/aromatic N) is 5. The van der Waals surface area contributed by atoms with E-state index in [0.717, 1.165) is 11.3 Å². The van der Waals surface area contributed by atoms with Crippen LogP contribution in [0.4, 0.5) is 5.95 Å². The standard InChI is InChI=1S/C19H22N6O3/c1-11-8-17(21-12(2)20-11)25-18(23-19(24-25)22-13(3)26)10-14-6-7-15(27-4)16(9-14)28-5/h6-9H,10H2,1-5H3,(H,22,24,26). The highest BCUT2D eigenvalue weighted by Gasteiger charge is 2.16. The first-order chi connectivity index (χ1) is 13.4. The van der Waals surface area contributed by atoms with Gasteiger partial charge in [0.1, 0.15) is 11.6 Å². The lowest BCUT2D eigenvalue weighted by molar-refractivity contribution is -0.114. The van der Waals surface area contributed by atoms with Crippen LogP contribution >= 0.6 is 0 Å². The summed E-state index contributed by atoms with van der Waals surface area (Å²) in [4.78, 5) is 24.7. The van der Waals surface area contributed by atoms with Gasteiger partial charge in [-0.1, -0.05) is 6.07 Å². The molecule has 146 valence electrons. The number of carbonyl (C=O) groups excluding carboxylic acids is 1. The number of hydrogen-bond acceptors (Lipinski definition) is 7. The van der Waals surface area contributed by atoms with Crippen molar-refractivity contribution in [1.82, 2.24) is 24.7 Å². The third-order valence-electron chi connectivity index (χ3n) is 3.94. The van der Waals surface area contributed by atoms with Crippen molar-refractivity contribution in [2.45, 2.75) is 27.2 Å². The molecule has 2 heterocycles. The number of aromatic nitrogens is 5. The predicted octanol–water partition coefficient (Wildman–Crippen LogP) is 2.24. The highest BCUT2D eigenvalue weighted by atomic mass is 16.5. The topological polar surface area (TPSA) is 104 Å². The van der Waals surface area contributed by atoms with Crippen LogP contribution in [0, 0.1) is 13.8 Å². The van der Waals surface area contributed by atoms with E-state index >= 15 is 0 Å². The van der Waals surface area contributed by atoms with Gasteiger partial charge in [0, 0.05) is 25.1 Å². The molecule has 0 unspecified atom stereocenters. The molecule has 0 fully saturated rings. The van der Waals surface area contributed by atoms with E-state index in [4.69, 9.17) is 9.47 Å². The molecule has 1 amide bonds. The molecule has 0 spiro atoms. The van der Waals surface area contributed by atoms with Gasteiger partial charge in [-0.3, -0.25) is 10.1 Å². The van der Waals surface area contributed by atoms with Crippen LogP contribution in [0.1, 0.15) is 29.8 Å². The Bertz CT molecular complexity index is 995. The van der Waals surface area contributed by atoms with Gasteiger partial charge in [-0.2, -0.15) is 9.67 Å². The minimum Gasteiger partial charge on any atom is -0.493 e. The minimum atomic E-state index is -0.245. The molecule has 0 saturated heterocycles. The molecule has 3 rings (SSSR count). The second kappa shape index (κ2) is 8.03. The number of ether oxygens (including phenoxy) is 2. The summed E-state index contributed by atoms with van der Waals surface area (Å²) >= 11 is 0. The fourth-order valence-electron chi connectivity index (χ4n) is 2.83. The zero-order valence-electron chi connectivity index (χ0n) is 16.5. The van der Waals surface area contributed by atoms with Gasteiger partial charge in [0.25, 0.3) is 0 Å². The van der Waals surface area contributed by atoms with Gasteiger partial charge >= 0.3 is 0 Å². The fourth-order valence-corrected chi connectivity index (χ4v) is 2.83. The van der Waals surface area contributed by atoms with E-state index in [2.05, 4.69) is 25.4 Å². The lowest BCUT2D eigenvalue weighted by Gasteiger charge is -2.10. The Balaban J connectivity index is 2.04. The highest BCUT2D eigenvalue weighted by Crippen LogP contribution is 2.28. The van der Waals surface area contributed by atoms with Crippen molar-refractivity contribution >= 4 is 11.9 Å². The molecule has 0 aliphatic rings. The fraction of sp³-hybridized carbons (Fsp3) is 0.316. The number of benzene rings is 1. The predicted molar refractivity (Wildman–Crippen MR) is 103 cm³/mol. The highest BCUT2D eigenvalue weighted by molar-refractivity contribution is 5.86. The second-order valence-electron chi connectivity index (χ2n) is 6.23. The van der Waals surface area contributed by atoms with Gasteiger partial charge < -0.3 is 9.47 Å². The summed E-state index contributed by atoms with van der Waals surface area (Å²) in [5.74, 6) is 3.08. The van der Waals surface area contributed by atoms with Crippen molar-refractivity contribution in [1.29, 1.82) is 0 Å². The SMILES string of the molecule is COc1ccc(Cc2nc(NC(C)=O)nn2-c2cc(C)nc(C)n2)cc1OC. The van der Waals surface area contributed by atoms with E-state index in [1.165, 1.54) is 6.92 Å². The molecule has 0 bridgehead atoms. The van der Waals surface area contributed by atoms with Gasteiger partial charge in [0.05, 0.1) is 14.2 Å². The van der Waals surface area contributed by atoms with Gasteiger partial charge in [-0.25, -0.2) is 9.97 Å². The number of hydrogen-bond donors (Lipinski definition) is 1. The number of anilines is 1. The molecule has 1 N–H and O–H groups in total. The molecule has 0 aliphatic carbocycles. The zero-order valence-corrected chi connectivity index (χ0v) is 16.5. The molecular weight excluding hydrogens is 360 g/mol. The molecule has 2 aromatic heterocycles. The summed E-state index contributed by atoms with van der Waals surface area (Å²) in [6, 6.07) is 7.46. The molecule has 0 aliphatic heterocycles. The van der Waals surface area contributed by atoms with E-state index < -0.39 is 0 Å². The molecular formula is C19H22N6O3. The third-order valence-corrected chi connectivity index (χ3v) is 3.94. The Labute approximate surface area is 162 Å². The van der Waals surface area contributed by atoms with Gasteiger partial charge in [0.2, 0.25) is 11.9 Å². The van der Waals surface area contributed by atoms with Gasteiger partial charge in [0.15, 0.2) is 17.3 Å². The number of methoxy groups -OCH3 is 2. The van der Waals surface area contributed by atoms with Crippen molar-refractivity contribution in [3.8, 4) is 17.3 Å². The Morgan fingerprint density at radius 1 is 1.07 bits per heavy atom. The van der Waals surface area contributed by atoms with Crippen molar-refractivity contribution in [2.24, 2.45) is 0 Å². The number of amides is 1. The van der Waals surface area contributed by atoms with Crippen molar-refractivity contribution in [3.05, 3.63) is 47.2 Å². The summed E-state index contributed by atoms with van der Waals surface area (Å²) in [5.41, 5.74) is 1.76. The van der Waals surface area contributed by atoms with E-state index in [1.54, 1.807) is 18.9 Å². The van der Waals surface area contributed by atoms with Gasteiger partial charge in [-0.15, -0.1) is 5.10 Å². The molecule has 0 atom stereocenters. The van der Waals surface area contributed by atoms with Gasteiger partial charge in [-0.05, 0) is 31.5 Å². The van der Waals surface area contributed by atoms with E-state index in [9.17, 15) is 4.79 Å². The summed E-state index contributed by atoms with van der Waals surface area (Å²) in [5, 5.41) is 7.02. The lowest BCUT2D eigenvalue weighted by atomic mass is 10.1. The van der Waals surface area contributed by atoms with Crippen LogP contribution in [-0.4, -0.2) is 44.9 Å². The minimum absolute atomic E-state index is 0.219. The zero-order chi connectivity index (χ0) is 20.3. The maximum atomic E-state index is 11.4. The summed E-state index contributed by atoms with van der Waals surface area (Å²) < 4.78 is 12.3. The molecule has 28 heavy (non-hydrogen) atoms. The van der Waals surface area contributed by atoms with Crippen LogP contribution in [0.25, 0.3) is 5.82 Å². The molecule has 1 aromatic carbocycles. The van der Waals surface area contributed by atoms with E-state index in [0.29, 0.717) is 35.4 Å². The number of aryl methyl sites for hydroxylation is 2. The summed E-state index contributed by atoms with van der Waals surface area (Å²) in [6.45, 7) is 5.11. The van der Waals surface area contributed by atoms with E-state index in [1.807, 2.05) is 38.1 Å². The Morgan fingerprint density at radius 3 is 2.46 bits per heavy atom. The molecule has 3 aromatic rings. The van der Waals surface area contributed by atoms with Crippen LogP contribution in [-0.2, 0) is 11.2 Å². The largest absolute Gasteiger partial charge is 0.493 e. The van der Waals surface area contributed by atoms with Crippen LogP contribution in [0.5, 0.6) is 11.5 Å². The first kappa shape index (κ1) is 19.3. The summed E-state index contributed by atoms with van der Waals surface area (Å²) in [6.07, 6.45) is 0.453. The van der Waals surface area contributed by atoms with Crippen LogP contribution in [0.2, 0.25) is 0 Å². The molecule has 0 saturated carbocycles. The molecule has 9 heteroatoms. The quantitative estimate of drug-likeness (QED) is 0.697. The smallest absolute Gasteiger partial charge is 0.249 e. The maximum absolute atomic E-state index is 11.4. The number of rotatable bonds is 6. The van der Waals surface area contributed by atoms with Crippen molar-refractivity contribution in [2.75, 3.05) is 19.5 Å². The van der Waals surface area contributed by atoms with Crippen LogP contribution in [0.3, 0.4) is 0 Å². The Morgan fingerprint density at radius 2 is 1.82 bits per heavy atom. The second-order valence-corrected chi connectivity index (χ2v) is 6.23. The van der Waals surface area contributed by atoms with E-state index in [-0.39, 0.29) is 11.9 Å². The van der Waals surface area contributed by atoms with Crippen molar-refractivity contribution < 1.29 is 14.3 Å². The van der Waals surface area contributed by atoms with Crippen molar-refractivity contribution in [3.63, 3.8) is 0 Å². The Hall–Kier alpha value is -3.49. The Kier molecular flexibility index (Phi) is 5.53. The maximum Gasteiger partial charge on any atom is 0.249 e. The normalized spacial score (nSPS) is 10.6. The number of nitrogens with one attached hydrogen (secondary N) is 1. The first-order valence-electron chi connectivity index (χ1n) is 8.66. The monoisotopic (exact) mass is 382 g/mol. The van der Waals surface area contributed by atoms with Crippen LogP contribution < -0.4 is 14.8 Å². The summed E-state index contributed by atoms with van der Waals surface area (Å²) in [7, 11) is 3.18. The third kappa shape index (κ3) is 4.25. The lowest BCUT2D eigenvalue weighted by Crippen LogP contribution is -2.09. The average molecular weight is 382 g/mol. The van der Waals surface area contributed by atoms with Crippen LogP contribution in [0.15, 0.2) is 24.3 Å². The molecule has 9 nitrogen and oxygen atoms in total. The molecule has 0 radical (unpaired) electrons.